The van der Waals surface area contributed by atoms with Crippen LogP contribution >= 0.6 is 0 Å². The van der Waals surface area contributed by atoms with E-state index in [1.807, 2.05) is 0 Å². The molecule has 0 amide bonds. The Kier molecular flexibility index (Phi) is 5.60. The zero-order valence-electron chi connectivity index (χ0n) is 3.03. The molecule has 0 atom stereocenters. The van der Waals surface area contributed by atoms with Crippen molar-refractivity contribution in [3.63, 3.8) is 0 Å². The molecule has 0 spiro atoms. The Balaban J connectivity index is 0. The fourth-order valence-corrected chi connectivity index (χ4v) is 0. The van der Waals surface area contributed by atoms with Crippen LogP contribution in [0.1, 0.15) is 0 Å². The standard InChI is InChI=1S/H2O5S.Zr/c1-5-6(2,3)4;/h1H,(H,2,3,4);. The number of hydrogen-bond acceptors (Lipinski definition) is 4. The maximum atomic E-state index is 9.08. The molecule has 0 saturated carbocycles. The van der Waals surface area contributed by atoms with Crippen molar-refractivity contribution in [3.05, 3.63) is 0 Å². The van der Waals surface area contributed by atoms with Crippen LogP contribution in [0.4, 0.5) is 0 Å². The Morgan fingerprint density at radius 2 is 1.57 bits per heavy atom. The zero-order valence-corrected chi connectivity index (χ0v) is 6.30. The van der Waals surface area contributed by atoms with Gasteiger partial charge < -0.3 is 0 Å². The maximum Gasteiger partial charge on any atom is 0.423 e. The molecule has 0 radical (unpaired) electrons. The van der Waals surface area contributed by atoms with Crippen LogP contribution in [0.15, 0.2) is 0 Å². The van der Waals surface area contributed by atoms with E-state index in [9.17, 15) is 0 Å². The van der Waals surface area contributed by atoms with Crippen molar-refractivity contribution >= 4 is 10.4 Å². The van der Waals surface area contributed by atoms with Gasteiger partial charge in [0.25, 0.3) is 0 Å². The summed E-state index contributed by atoms with van der Waals surface area (Å²) in [6.45, 7) is 0. The summed E-state index contributed by atoms with van der Waals surface area (Å²) in [6, 6.07) is 0. The molecule has 0 fully saturated rings. The molecule has 0 aromatic rings. The summed E-state index contributed by atoms with van der Waals surface area (Å²) in [6.07, 6.45) is 0. The monoisotopic (exact) mass is 204 g/mol. The topological polar surface area (TPSA) is 83.8 Å². The molecule has 0 aliphatic rings. The van der Waals surface area contributed by atoms with Gasteiger partial charge in [0, 0.05) is 26.2 Å². The molecule has 5 nitrogen and oxygen atoms in total. The van der Waals surface area contributed by atoms with Crippen molar-refractivity contribution in [2.24, 2.45) is 0 Å². The first-order valence-corrected chi connectivity index (χ1v) is 2.23. The fourth-order valence-electron chi connectivity index (χ4n) is 0. The quantitative estimate of drug-likeness (QED) is 0.335. The summed E-state index contributed by atoms with van der Waals surface area (Å²) >= 11 is 0. The normalized spacial score (nSPS) is 10.0. The van der Waals surface area contributed by atoms with Gasteiger partial charge in [0.05, 0.1) is 0 Å². The van der Waals surface area contributed by atoms with E-state index in [1.165, 1.54) is 0 Å². The van der Waals surface area contributed by atoms with Crippen molar-refractivity contribution in [2.45, 2.75) is 0 Å². The van der Waals surface area contributed by atoms with Crippen LogP contribution in [0, 0.1) is 0 Å². The van der Waals surface area contributed by atoms with E-state index in [1.54, 1.807) is 0 Å². The minimum Gasteiger partial charge on any atom is -0.262 e. The van der Waals surface area contributed by atoms with Crippen LogP contribution in [-0.2, 0) is 40.9 Å². The van der Waals surface area contributed by atoms with Gasteiger partial charge in [0.2, 0.25) is 0 Å². The molecule has 0 unspecified atom stereocenters. The first kappa shape index (κ1) is 10.6. The minimum absolute atomic E-state index is 0. The van der Waals surface area contributed by atoms with Gasteiger partial charge in [-0.1, -0.05) is 4.33 Å². The molecular weight excluding hydrogens is 203 g/mol. The van der Waals surface area contributed by atoms with E-state index < -0.39 is 10.4 Å². The van der Waals surface area contributed by atoms with Gasteiger partial charge in [-0.05, 0) is 0 Å². The summed E-state index contributed by atoms with van der Waals surface area (Å²) < 4.78 is 28.0. The fraction of sp³-hybridized carbons (Fsp3) is 0. The maximum absolute atomic E-state index is 9.08. The Bertz CT molecular complexity index is 110. The van der Waals surface area contributed by atoms with E-state index in [0.717, 1.165) is 0 Å². The third kappa shape index (κ3) is 10.8. The average molecular weight is 205 g/mol. The zero-order chi connectivity index (χ0) is 5.21. The third-order valence-corrected chi connectivity index (χ3v) is 0.283. The Morgan fingerprint density at radius 3 is 1.57 bits per heavy atom. The average Bonchev–Trinajstić information content (AvgIpc) is 1.35. The minimum atomic E-state index is -4.61. The largest absolute Gasteiger partial charge is 0.423 e. The molecule has 0 bridgehead atoms. The van der Waals surface area contributed by atoms with Gasteiger partial charge in [0.15, 0.2) is 0 Å². The van der Waals surface area contributed by atoms with Crippen molar-refractivity contribution < 1.29 is 48.8 Å². The second-order valence-electron chi connectivity index (χ2n) is 0.502. The van der Waals surface area contributed by atoms with Crippen molar-refractivity contribution in [2.75, 3.05) is 0 Å². The molecule has 0 aliphatic heterocycles. The SMILES string of the molecule is O=S(=O)(O)OO.[Zr]. The van der Waals surface area contributed by atoms with Gasteiger partial charge >= 0.3 is 10.4 Å². The van der Waals surface area contributed by atoms with Gasteiger partial charge in [-0.15, -0.1) is 0 Å². The first-order valence-electron chi connectivity index (χ1n) is 0.865. The van der Waals surface area contributed by atoms with E-state index >= 15 is 0 Å². The van der Waals surface area contributed by atoms with Crippen LogP contribution in [-0.4, -0.2) is 18.2 Å². The molecular formula is H2O5SZr. The van der Waals surface area contributed by atoms with Gasteiger partial charge in [-0.3, -0.25) is 4.55 Å². The summed E-state index contributed by atoms with van der Waals surface area (Å²) in [4.78, 5) is 0. The predicted molar refractivity (Wildman–Crippen MR) is 15.3 cm³/mol. The van der Waals surface area contributed by atoms with Crippen LogP contribution < -0.4 is 0 Å². The molecule has 0 heterocycles. The predicted octanol–water partition coefficient (Wildman–Crippen LogP) is -0.724. The first-order chi connectivity index (χ1) is 2.56. The third-order valence-electron chi connectivity index (χ3n) is 0.0942. The molecule has 7 heavy (non-hydrogen) atoms. The molecule has 0 saturated heterocycles. The van der Waals surface area contributed by atoms with E-state index in [2.05, 4.69) is 4.33 Å². The summed E-state index contributed by atoms with van der Waals surface area (Å²) in [7, 11) is -4.61. The Morgan fingerprint density at radius 1 is 1.43 bits per heavy atom. The second kappa shape index (κ2) is 3.68. The molecule has 2 N–H and O–H groups in total. The molecule has 0 aromatic carbocycles. The summed E-state index contributed by atoms with van der Waals surface area (Å²) in [5.41, 5.74) is 0. The van der Waals surface area contributed by atoms with E-state index in [4.69, 9.17) is 18.2 Å². The molecule has 42 valence electrons. The van der Waals surface area contributed by atoms with Crippen LogP contribution in [0.3, 0.4) is 0 Å². The van der Waals surface area contributed by atoms with E-state index in [-0.39, 0.29) is 26.2 Å². The number of rotatable bonds is 1. The van der Waals surface area contributed by atoms with Crippen molar-refractivity contribution in [1.82, 2.24) is 0 Å². The van der Waals surface area contributed by atoms with Gasteiger partial charge in [0.1, 0.15) is 0 Å². The van der Waals surface area contributed by atoms with Crippen molar-refractivity contribution in [3.8, 4) is 0 Å². The van der Waals surface area contributed by atoms with Gasteiger partial charge in [-0.2, -0.15) is 8.42 Å². The van der Waals surface area contributed by atoms with E-state index in [0.29, 0.717) is 0 Å². The molecule has 0 aromatic heterocycles. The summed E-state index contributed by atoms with van der Waals surface area (Å²) in [5.74, 6) is 0. The van der Waals surface area contributed by atoms with Crippen LogP contribution in [0.5, 0.6) is 0 Å². The molecule has 0 rings (SSSR count). The van der Waals surface area contributed by atoms with Crippen LogP contribution in [0.25, 0.3) is 0 Å². The Hall–Kier alpha value is 0.713. The van der Waals surface area contributed by atoms with Crippen LogP contribution in [0.2, 0.25) is 0 Å². The number of hydrogen-bond donors (Lipinski definition) is 2. The molecule has 7 heteroatoms. The smallest absolute Gasteiger partial charge is 0.262 e. The van der Waals surface area contributed by atoms with Gasteiger partial charge in [-0.25, -0.2) is 5.26 Å². The molecule has 0 aliphatic carbocycles. The Labute approximate surface area is 59.3 Å². The second-order valence-corrected chi connectivity index (χ2v) is 1.51. The van der Waals surface area contributed by atoms with Crippen molar-refractivity contribution in [1.29, 1.82) is 0 Å². The summed E-state index contributed by atoms with van der Waals surface area (Å²) in [5, 5.41) is 7.06.